The molecule has 3 N–H and O–H groups in total. The third-order valence-electron chi connectivity index (χ3n) is 2.77. The number of hydrogen-bond acceptors (Lipinski definition) is 5. The van der Waals surface area contributed by atoms with E-state index in [-0.39, 0.29) is 24.4 Å². The summed E-state index contributed by atoms with van der Waals surface area (Å²) in [5, 5.41) is 2.32. The lowest BCUT2D eigenvalue weighted by atomic mass is 10.1. The molecular weight excluding hydrogens is 220 g/mol. The number of nitrogens with zero attached hydrogens (tertiary/aromatic N) is 2. The number of piperazine rings is 1. The summed E-state index contributed by atoms with van der Waals surface area (Å²) in [6.45, 7) is 2.01. The molecule has 2 rings (SSSR count). The Kier molecular flexibility index (Phi) is 2.95. The van der Waals surface area contributed by atoms with Crippen LogP contribution in [0.25, 0.3) is 0 Å². The number of aromatic nitrogens is 1. The van der Waals surface area contributed by atoms with Gasteiger partial charge in [0.05, 0.1) is 12.2 Å². The van der Waals surface area contributed by atoms with Gasteiger partial charge < -0.3 is 10.6 Å². The van der Waals surface area contributed by atoms with E-state index in [0.29, 0.717) is 17.9 Å². The normalized spacial score (nSPS) is 20.3. The minimum absolute atomic E-state index is 0.125. The molecule has 1 aromatic rings. The second-order valence-corrected chi connectivity index (χ2v) is 3.87. The minimum Gasteiger partial charge on any atom is -0.382 e. The zero-order chi connectivity index (χ0) is 12.4. The molecule has 0 aromatic carbocycles. The lowest BCUT2D eigenvalue weighted by Crippen LogP contribution is -2.58. The predicted molar refractivity (Wildman–Crippen MR) is 63.2 cm³/mol. The van der Waals surface area contributed by atoms with Gasteiger partial charge in [0.15, 0.2) is 0 Å². The fourth-order valence-electron chi connectivity index (χ4n) is 1.98. The predicted octanol–water partition coefficient (Wildman–Crippen LogP) is -0.0948. The van der Waals surface area contributed by atoms with Crippen LogP contribution in [0, 0.1) is 0 Å². The van der Waals surface area contributed by atoms with Crippen molar-refractivity contribution in [2.45, 2.75) is 19.4 Å². The molecule has 1 aliphatic rings. The van der Waals surface area contributed by atoms with Crippen LogP contribution in [0.3, 0.4) is 0 Å². The fourth-order valence-corrected chi connectivity index (χ4v) is 1.98. The lowest BCUT2D eigenvalue weighted by molar-refractivity contribution is -0.132. The van der Waals surface area contributed by atoms with Crippen molar-refractivity contribution in [1.82, 2.24) is 10.3 Å². The largest absolute Gasteiger partial charge is 0.382 e. The van der Waals surface area contributed by atoms with Crippen molar-refractivity contribution in [3.05, 3.63) is 18.3 Å². The second-order valence-electron chi connectivity index (χ2n) is 3.87. The van der Waals surface area contributed by atoms with Crippen molar-refractivity contribution in [2.24, 2.45) is 0 Å². The summed E-state index contributed by atoms with van der Waals surface area (Å²) in [6, 6.07) is 3.12. The van der Waals surface area contributed by atoms with Gasteiger partial charge in [-0.05, 0) is 18.6 Å². The molecule has 1 saturated heterocycles. The number of carbonyl (C=O) groups is 2. The van der Waals surface area contributed by atoms with Gasteiger partial charge in [0.25, 0.3) is 0 Å². The molecule has 0 spiro atoms. The summed E-state index contributed by atoms with van der Waals surface area (Å²) in [5.41, 5.74) is 6.39. The number of carbonyl (C=O) groups excluding carboxylic acids is 2. The van der Waals surface area contributed by atoms with E-state index in [9.17, 15) is 9.59 Å². The minimum atomic E-state index is -0.376. The first-order valence-corrected chi connectivity index (χ1v) is 5.44. The maximum Gasteiger partial charge on any atom is 0.249 e. The third-order valence-corrected chi connectivity index (χ3v) is 2.77. The molecule has 0 bridgehead atoms. The first kappa shape index (κ1) is 11.4. The Morgan fingerprint density at radius 2 is 2.35 bits per heavy atom. The van der Waals surface area contributed by atoms with Crippen LogP contribution >= 0.6 is 0 Å². The number of hydrogen-bond donors (Lipinski definition) is 2. The van der Waals surface area contributed by atoms with Crippen LogP contribution in [0.4, 0.5) is 11.5 Å². The molecule has 17 heavy (non-hydrogen) atoms. The van der Waals surface area contributed by atoms with Crippen LogP contribution < -0.4 is 16.0 Å². The van der Waals surface area contributed by atoms with Crippen molar-refractivity contribution in [3.8, 4) is 0 Å². The Balaban J connectivity index is 2.38. The quantitative estimate of drug-likeness (QED) is 0.698. The molecule has 6 heteroatoms. The summed E-state index contributed by atoms with van der Waals surface area (Å²) in [6.07, 6.45) is 2.18. The number of rotatable bonds is 2. The average Bonchev–Trinajstić information content (AvgIpc) is 2.28. The number of nitrogen functional groups attached to an aromatic ring is 1. The Morgan fingerprint density at radius 1 is 1.59 bits per heavy atom. The van der Waals surface area contributed by atoms with E-state index in [1.807, 2.05) is 6.92 Å². The van der Waals surface area contributed by atoms with Gasteiger partial charge in [0.2, 0.25) is 11.8 Å². The molecule has 0 aliphatic carbocycles. The van der Waals surface area contributed by atoms with Gasteiger partial charge in [0.1, 0.15) is 11.9 Å². The zero-order valence-corrected chi connectivity index (χ0v) is 9.51. The van der Waals surface area contributed by atoms with Gasteiger partial charge in [-0.3, -0.25) is 14.9 Å². The van der Waals surface area contributed by atoms with Crippen molar-refractivity contribution in [1.29, 1.82) is 0 Å². The first-order chi connectivity index (χ1) is 8.13. The summed E-state index contributed by atoms with van der Waals surface area (Å²) in [7, 11) is 0. The van der Waals surface area contributed by atoms with Gasteiger partial charge in [0, 0.05) is 6.20 Å². The Bertz CT molecular complexity index is 461. The number of imide groups is 1. The summed E-state index contributed by atoms with van der Waals surface area (Å²) < 4.78 is 0. The molecule has 0 saturated carbocycles. The number of amides is 2. The van der Waals surface area contributed by atoms with Crippen molar-refractivity contribution in [3.63, 3.8) is 0 Å². The van der Waals surface area contributed by atoms with Crippen LogP contribution in [-0.2, 0) is 9.59 Å². The highest BCUT2D eigenvalue weighted by Crippen LogP contribution is 2.24. The second kappa shape index (κ2) is 4.40. The van der Waals surface area contributed by atoms with Crippen molar-refractivity contribution in [2.75, 3.05) is 17.2 Å². The average molecular weight is 234 g/mol. The van der Waals surface area contributed by atoms with E-state index in [0.717, 1.165) is 0 Å². The van der Waals surface area contributed by atoms with E-state index in [4.69, 9.17) is 5.73 Å². The van der Waals surface area contributed by atoms with Gasteiger partial charge >= 0.3 is 0 Å². The zero-order valence-electron chi connectivity index (χ0n) is 9.51. The van der Waals surface area contributed by atoms with Gasteiger partial charge in [-0.15, -0.1) is 0 Å². The molecule has 2 heterocycles. The fraction of sp³-hybridized carbons (Fsp3) is 0.364. The van der Waals surface area contributed by atoms with E-state index in [2.05, 4.69) is 10.3 Å². The molecule has 1 atom stereocenters. The highest BCUT2D eigenvalue weighted by molar-refractivity contribution is 6.05. The van der Waals surface area contributed by atoms with E-state index in [1.54, 1.807) is 23.2 Å². The van der Waals surface area contributed by atoms with E-state index < -0.39 is 0 Å². The molecule has 1 aliphatic heterocycles. The molecule has 6 nitrogen and oxygen atoms in total. The Labute approximate surface area is 98.8 Å². The number of anilines is 2. The Hall–Kier alpha value is -2.11. The molecule has 0 radical (unpaired) electrons. The smallest absolute Gasteiger partial charge is 0.249 e. The van der Waals surface area contributed by atoms with E-state index >= 15 is 0 Å². The van der Waals surface area contributed by atoms with Crippen LogP contribution in [0.15, 0.2) is 18.3 Å². The summed E-state index contributed by atoms with van der Waals surface area (Å²) in [5.74, 6) is -0.275. The van der Waals surface area contributed by atoms with Crippen molar-refractivity contribution < 1.29 is 9.59 Å². The van der Waals surface area contributed by atoms with Crippen LogP contribution in [0.2, 0.25) is 0 Å². The van der Waals surface area contributed by atoms with Crippen molar-refractivity contribution >= 4 is 23.3 Å². The molecule has 90 valence electrons. The van der Waals surface area contributed by atoms with Crippen LogP contribution in [-0.4, -0.2) is 29.4 Å². The third kappa shape index (κ3) is 2.06. The monoisotopic (exact) mass is 234 g/mol. The highest BCUT2D eigenvalue weighted by Gasteiger charge is 2.33. The van der Waals surface area contributed by atoms with Gasteiger partial charge in [-0.1, -0.05) is 6.92 Å². The van der Waals surface area contributed by atoms with Crippen LogP contribution in [0.5, 0.6) is 0 Å². The lowest BCUT2D eigenvalue weighted by Gasteiger charge is -2.35. The van der Waals surface area contributed by atoms with Gasteiger partial charge in [-0.25, -0.2) is 4.98 Å². The van der Waals surface area contributed by atoms with Gasteiger partial charge in [-0.2, -0.15) is 0 Å². The maximum absolute atomic E-state index is 11.7. The number of nitrogens with one attached hydrogen (secondary N) is 1. The SMILES string of the molecule is CCC1C(=O)NC(=O)CN1c1cccnc1N. The molecular formula is C11H14N4O2. The molecule has 1 fully saturated rings. The summed E-state index contributed by atoms with van der Waals surface area (Å²) in [4.78, 5) is 28.8. The molecule has 1 aromatic heterocycles. The topological polar surface area (TPSA) is 88.3 Å². The maximum atomic E-state index is 11.7. The molecule has 2 amide bonds. The number of nitrogens with two attached hydrogens (primary N) is 1. The molecule has 1 unspecified atom stereocenters. The first-order valence-electron chi connectivity index (χ1n) is 5.44. The number of pyridine rings is 1. The summed E-state index contributed by atoms with van der Waals surface area (Å²) >= 11 is 0. The Morgan fingerprint density at radius 3 is 3.00 bits per heavy atom. The van der Waals surface area contributed by atoms with Crippen LogP contribution in [0.1, 0.15) is 13.3 Å². The van der Waals surface area contributed by atoms with E-state index in [1.165, 1.54) is 0 Å². The highest BCUT2D eigenvalue weighted by atomic mass is 16.2. The standard InChI is InChI=1S/C11H14N4O2/c1-2-7-11(17)14-9(16)6-15(7)8-4-3-5-13-10(8)12/h3-5,7H,2,6H2,1H3,(H2,12,13)(H,14,16,17).